The van der Waals surface area contributed by atoms with Crippen LogP contribution >= 0.6 is 0 Å². The number of hydrogen-bond acceptors (Lipinski definition) is 4. The van der Waals surface area contributed by atoms with Gasteiger partial charge in [-0.3, -0.25) is 4.79 Å². The van der Waals surface area contributed by atoms with Crippen LogP contribution in [0.1, 0.15) is 32.6 Å². The number of carboxylic acids is 1. The fraction of sp³-hybridized carbons (Fsp3) is 0.900. The molecule has 0 aromatic rings. The van der Waals surface area contributed by atoms with Gasteiger partial charge in [0.2, 0.25) is 0 Å². The molecule has 0 spiro atoms. The molecule has 0 aromatic carbocycles. The Morgan fingerprint density at radius 3 is 2.93 bits per heavy atom. The third-order valence-corrected chi connectivity index (χ3v) is 2.56. The van der Waals surface area contributed by atoms with Gasteiger partial charge >= 0.3 is 5.97 Å². The Morgan fingerprint density at radius 1 is 1.60 bits per heavy atom. The maximum atomic E-state index is 10.6. The molecule has 88 valence electrons. The lowest BCUT2D eigenvalue weighted by Gasteiger charge is -2.27. The number of hydroxylamine groups is 1. The standard InChI is InChI=1S/C10H20N2O3/c1-2-3-6-15-12-8-4-5-9(10(13)14)11-7-8/h8-9,11-12H,2-7H2,1H3,(H,13,14). The van der Waals surface area contributed by atoms with E-state index >= 15 is 0 Å². The van der Waals surface area contributed by atoms with E-state index in [1.807, 2.05) is 0 Å². The Bertz CT molecular complexity index is 191. The van der Waals surface area contributed by atoms with Crippen molar-refractivity contribution in [3.05, 3.63) is 0 Å². The Hall–Kier alpha value is -0.650. The predicted octanol–water partition coefficient (Wildman–Crippen LogP) is 0.513. The van der Waals surface area contributed by atoms with E-state index in [1.54, 1.807) is 0 Å². The van der Waals surface area contributed by atoms with Gasteiger partial charge in [0.15, 0.2) is 0 Å². The third kappa shape index (κ3) is 4.59. The van der Waals surface area contributed by atoms with Crippen molar-refractivity contribution >= 4 is 5.97 Å². The van der Waals surface area contributed by atoms with Crippen LogP contribution in [0.3, 0.4) is 0 Å². The number of nitrogens with one attached hydrogen (secondary N) is 2. The van der Waals surface area contributed by atoms with Gasteiger partial charge in [-0.1, -0.05) is 13.3 Å². The van der Waals surface area contributed by atoms with Gasteiger partial charge in [-0.25, -0.2) is 0 Å². The zero-order chi connectivity index (χ0) is 11.1. The fourth-order valence-corrected chi connectivity index (χ4v) is 1.56. The van der Waals surface area contributed by atoms with E-state index in [0.29, 0.717) is 13.0 Å². The molecule has 0 bridgehead atoms. The Kier molecular flexibility index (Phi) is 5.60. The van der Waals surface area contributed by atoms with Crippen LogP contribution in [0.15, 0.2) is 0 Å². The molecule has 1 fully saturated rings. The maximum absolute atomic E-state index is 10.6. The van der Waals surface area contributed by atoms with Gasteiger partial charge in [0.1, 0.15) is 6.04 Å². The molecule has 0 aliphatic carbocycles. The zero-order valence-electron chi connectivity index (χ0n) is 9.16. The lowest BCUT2D eigenvalue weighted by Crippen LogP contribution is -2.50. The van der Waals surface area contributed by atoms with Crippen molar-refractivity contribution in [2.24, 2.45) is 0 Å². The first-order chi connectivity index (χ1) is 7.24. The van der Waals surface area contributed by atoms with E-state index in [0.717, 1.165) is 25.9 Å². The number of piperidine rings is 1. The van der Waals surface area contributed by atoms with E-state index in [4.69, 9.17) is 9.94 Å². The monoisotopic (exact) mass is 216 g/mol. The van der Waals surface area contributed by atoms with Crippen LogP contribution in [0, 0.1) is 0 Å². The minimum Gasteiger partial charge on any atom is -0.480 e. The molecule has 1 saturated heterocycles. The Labute approximate surface area is 90.1 Å². The first-order valence-corrected chi connectivity index (χ1v) is 5.57. The van der Waals surface area contributed by atoms with Crippen LogP contribution in [0.4, 0.5) is 0 Å². The van der Waals surface area contributed by atoms with Crippen molar-refractivity contribution in [3.8, 4) is 0 Å². The highest BCUT2D eigenvalue weighted by atomic mass is 16.6. The van der Waals surface area contributed by atoms with E-state index in [2.05, 4.69) is 17.7 Å². The van der Waals surface area contributed by atoms with Gasteiger partial charge in [-0.2, -0.15) is 5.48 Å². The minimum atomic E-state index is -0.764. The second kappa shape index (κ2) is 6.76. The normalized spacial score (nSPS) is 26.5. The van der Waals surface area contributed by atoms with Crippen molar-refractivity contribution in [2.75, 3.05) is 13.2 Å². The Morgan fingerprint density at radius 2 is 2.40 bits per heavy atom. The molecule has 1 aliphatic heterocycles. The average Bonchev–Trinajstić information content (AvgIpc) is 2.25. The second-order valence-corrected chi connectivity index (χ2v) is 3.89. The van der Waals surface area contributed by atoms with Crippen LogP contribution in [-0.2, 0) is 9.63 Å². The van der Waals surface area contributed by atoms with Gasteiger partial charge < -0.3 is 15.3 Å². The molecule has 2 atom stereocenters. The summed E-state index contributed by atoms with van der Waals surface area (Å²) in [5, 5.41) is 11.7. The maximum Gasteiger partial charge on any atom is 0.320 e. The number of hydrogen-bond donors (Lipinski definition) is 3. The molecule has 3 N–H and O–H groups in total. The second-order valence-electron chi connectivity index (χ2n) is 3.89. The number of carboxylic acid groups (broad SMARTS) is 1. The van der Waals surface area contributed by atoms with Gasteiger partial charge in [-0.15, -0.1) is 0 Å². The highest BCUT2D eigenvalue weighted by Crippen LogP contribution is 2.08. The molecule has 0 aromatic heterocycles. The minimum absolute atomic E-state index is 0.234. The zero-order valence-corrected chi connectivity index (χ0v) is 9.16. The van der Waals surface area contributed by atoms with Crippen LogP contribution in [-0.4, -0.2) is 36.3 Å². The SMILES string of the molecule is CCCCONC1CCC(C(=O)O)NC1. The van der Waals surface area contributed by atoms with Gasteiger partial charge in [0, 0.05) is 12.6 Å². The van der Waals surface area contributed by atoms with Gasteiger partial charge in [0.05, 0.1) is 6.61 Å². The van der Waals surface area contributed by atoms with Gasteiger partial charge in [-0.05, 0) is 19.3 Å². The number of carbonyl (C=O) groups is 1. The van der Waals surface area contributed by atoms with Gasteiger partial charge in [0.25, 0.3) is 0 Å². The van der Waals surface area contributed by atoms with E-state index < -0.39 is 12.0 Å². The van der Waals surface area contributed by atoms with E-state index in [-0.39, 0.29) is 6.04 Å². The molecule has 5 nitrogen and oxygen atoms in total. The van der Waals surface area contributed by atoms with Crippen molar-refractivity contribution < 1.29 is 14.7 Å². The molecule has 2 unspecified atom stereocenters. The lowest BCUT2D eigenvalue weighted by atomic mass is 10.0. The molecular formula is C10H20N2O3. The lowest BCUT2D eigenvalue weighted by molar-refractivity contribution is -0.140. The number of unbranched alkanes of at least 4 members (excludes halogenated alkanes) is 1. The van der Waals surface area contributed by atoms with E-state index in [9.17, 15) is 4.79 Å². The predicted molar refractivity (Wildman–Crippen MR) is 56.4 cm³/mol. The van der Waals surface area contributed by atoms with Crippen LogP contribution < -0.4 is 10.8 Å². The summed E-state index contributed by atoms with van der Waals surface area (Å²) in [5.41, 5.74) is 2.96. The molecule has 0 amide bonds. The first kappa shape index (κ1) is 12.4. The van der Waals surface area contributed by atoms with Crippen LogP contribution in [0.25, 0.3) is 0 Å². The first-order valence-electron chi connectivity index (χ1n) is 5.57. The summed E-state index contributed by atoms with van der Waals surface area (Å²) in [6.07, 6.45) is 3.66. The molecule has 5 heteroatoms. The summed E-state index contributed by atoms with van der Waals surface area (Å²) in [6, 6.07) is -0.156. The molecule has 1 heterocycles. The highest BCUT2D eigenvalue weighted by molar-refractivity contribution is 5.73. The van der Waals surface area contributed by atoms with Crippen LogP contribution in [0.5, 0.6) is 0 Å². The highest BCUT2D eigenvalue weighted by Gasteiger charge is 2.24. The average molecular weight is 216 g/mol. The summed E-state index contributed by atoms with van der Waals surface area (Å²) in [6.45, 7) is 3.49. The molecule has 1 aliphatic rings. The molecule has 0 saturated carbocycles. The third-order valence-electron chi connectivity index (χ3n) is 2.56. The summed E-state index contributed by atoms with van der Waals surface area (Å²) in [5.74, 6) is -0.764. The quantitative estimate of drug-likeness (QED) is 0.446. The van der Waals surface area contributed by atoms with Crippen molar-refractivity contribution in [3.63, 3.8) is 0 Å². The smallest absolute Gasteiger partial charge is 0.320 e. The summed E-state index contributed by atoms with van der Waals surface area (Å²) in [4.78, 5) is 15.9. The fourth-order valence-electron chi connectivity index (χ4n) is 1.56. The Balaban J connectivity index is 2.07. The van der Waals surface area contributed by atoms with Crippen molar-refractivity contribution in [1.29, 1.82) is 0 Å². The molecule has 0 radical (unpaired) electrons. The van der Waals surface area contributed by atoms with Crippen molar-refractivity contribution in [1.82, 2.24) is 10.8 Å². The van der Waals surface area contributed by atoms with Crippen LogP contribution in [0.2, 0.25) is 0 Å². The van der Waals surface area contributed by atoms with Crippen molar-refractivity contribution in [2.45, 2.75) is 44.7 Å². The van der Waals surface area contributed by atoms with E-state index in [1.165, 1.54) is 0 Å². The molecule has 15 heavy (non-hydrogen) atoms. The molecule has 1 rings (SSSR count). The molecular weight excluding hydrogens is 196 g/mol. The summed E-state index contributed by atoms with van der Waals surface area (Å²) >= 11 is 0. The number of aliphatic carboxylic acids is 1. The summed E-state index contributed by atoms with van der Waals surface area (Å²) < 4.78 is 0. The summed E-state index contributed by atoms with van der Waals surface area (Å²) in [7, 11) is 0. The topological polar surface area (TPSA) is 70.6 Å². The largest absolute Gasteiger partial charge is 0.480 e. The number of rotatable bonds is 6.